The maximum atomic E-state index is 11.6. The van der Waals surface area contributed by atoms with Crippen molar-refractivity contribution < 1.29 is 9.32 Å². The highest BCUT2D eigenvalue weighted by atomic mass is 16.5. The van der Waals surface area contributed by atoms with Gasteiger partial charge in [-0.1, -0.05) is 5.16 Å². The van der Waals surface area contributed by atoms with Crippen molar-refractivity contribution in [2.24, 2.45) is 10.2 Å². The highest BCUT2D eigenvalue weighted by Crippen LogP contribution is 2.37. The monoisotopic (exact) mass is 261 g/mol. The Morgan fingerprint density at radius 3 is 2.84 bits per heavy atom. The van der Waals surface area contributed by atoms with Crippen LogP contribution in [0, 0.1) is 19.3 Å². The van der Waals surface area contributed by atoms with Crippen LogP contribution in [0.15, 0.2) is 14.8 Å². The maximum absolute atomic E-state index is 11.6. The van der Waals surface area contributed by atoms with Crippen molar-refractivity contribution in [1.82, 2.24) is 15.5 Å². The molecule has 7 nitrogen and oxygen atoms in total. The van der Waals surface area contributed by atoms with Gasteiger partial charge in [-0.15, -0.1) is 12.3 Å². The van der Waals surface area contributed by atoms with E-state index in [0.29, 0.717) is 37.4 Å². The third-order valence-electron chi connectivity index (χ3n) is 2.81. The molecule has 100 valence electrons. The average molecular weight is 261 g/mol. The summed E-state index contributed by atoms with van der Waals surface area (Å²) in [6.45, 7) is 1.96. The molecule has 0 radical (unpaired) electrons. The number of rotatable bonds is 7. The van der Waals surface area contributed by atoms with E-state index < -0.39 is 5.66 Å². The van der Waals surface area contributed by atoms with Gasteiger partial charge in [0.15, 0.2) is 11.5 Å². The molecule has 7 heteroatoms. The molecule has 1 aliphatic heterocycles. The molecule has 0 spiro atoms. The Bertz CT molecular complexity index is 522. The van der Waals surface area contributed by atoms with Crippen molar-refractivity contribution in [3.8, 4) is 12.3 Å². The van der Waals surface area contributed by atoms with Gasteiger partial charge in [0, 0.05) is 25.7 Å². The number of hydrogen-bond donors (Lipinski definition) is 1. The number of carbonyl (C=O) groups is 1. The maximum Gasteiger partial charge on any atom is 0.246 e. The van der Waals surface area contributed by atoms with Crippen LogP contribution in [-0.4, -0.2) is 21.7 Å². The van der Waals surface area contributed by atoms with Gasteiger partial charge in [-0.3, -0.25) is 4.79 Å². The zero-order chi connectivity index (χ0) is 13.7. The molecule has 0 aromatic carbocycles. The molecule has 2 rings (SSSR count). The Labute approximate surface area is 110 Å². The molecule has 1 N–H and O–H groups in total. The molecule has 0 unspecified atom stereocenters. The number of nitrogens with one attached hydrogen (secondary N) is 1. The van der Waals surface area contributed by atoms with Crippen LogP contribution >= 0.6 is 0 Å². The summed E-state index contributed by atoms with van der Waals surface area (Å²) >= 11 is 0. The highest BCUT2D eigenvalue weighted by molar-refractivity contribution is 5.75. The van der Waals surface area contributed by atoms with Crippen LogP contribution < -0.4 is 5.32 Å². The summed E-state index contributed by atoms with van der Waals surface area (Å²) < 4.78 is 4.89. The Hall–Kier alpha value is -2.23. The Morgan fingerprint density at radius 1 is 1.47 bits per heavy atom. The molecule has 0 bridgehead atoms. The number of terminal acetylenes is 1. The third-order valence-corrected chi connectivity index (χ3v) is 2.81. The van der Waals surface area contributed by atoms with Crippen LogP contribution in [-0.2, 0) is 11.3 Å². The minimum Gasteiger partial charge on any atom is -0.347 e. The van der Waals surface area contributed by atoms with E-state index in [1.54, 1.807) is 6.92 Å². The first kappa shape index (κ1) is 13.2. The summed E-state index contributed by atoms with van der Waals surface area (Å²) in [7, 11) is 0. The average Bonchev–Trinajstić information content (AvgIpc) is 3.06. The van der Waals surface area contributed by atoms with Crippen molar-refractivity contribution in [3.63, 3.8) is 0 Å². The predicted molar refractivity (Wildman–Crippen MR) is 65.8 cm³/mol. The Balaban J connectivity index is 1.66. The highest BCUT2D eigenvalue weighted by Gasteiger charge is 2.39. The molecule has 1 aromatic rings. The second kappa shape index (κ2) is 5.61. The summed E-state index contributed by atoms with van der Waals surface area (Å²) in [6, 6.07) is 0. The predicted octanol–water partition coefficient (Wildman–Crippen LogP) is 1.35. The van der Waals surface area contributed by atoms with Gasteiger partial charge in [0.05, 0.1) is 6.54 Å². The summed E-state index contributed by atoms with van der Waals surface area (Å²) in [5.74, 6) is 3.41. The molecule has 1 amide bonds. The number of amides is 1. The van der Waals surface area contributed by atoms with Gasteiger partial charge in [0.2, 0.25) is 11.8 Å². The van der Waals surface area contributed by atoms with Crippen LogP contribution in [0.1, 0.15) is 37.4 Å². The SMILES string of the molecule is C#CCCC1(CCC(=O)NCc2nc(C)no2)N=N1. The second-order valence-electron chi connectivity index (χ2n) is 4.40. The lowest BCUT2D eigenvalue weighted by molar-refractivity contribution is -0.121. The Morgan fingerprint density at radius 2 is 2.26 bits per heavy atom. The molecular formula is C12H15N5O2. The smallest absolute Gasteiger partial charge is 0.246 e. The number of nitrogens with zero attached hydrogens (tertiary/aromatic N) is 4. The topological polar surface area (TPSA) is 92.7 Å². The van der Waals surface area contributed by atoms with Gasteiger partial charge in [0.25, 0.3) is 0 Å². The normalized spacial score (nSPS) is 14.9. The number of hydrogen-bond acceptors (Lipinski definition) is 6. The Kier molecular flexibility index (Phi) is 3.90. The standard InChI is InChI=1S/C12H15N5O2/c1-3-4-6-12(16-17-12)7-5-10(18)13-8-11-14-9(2)15-19-11/h1H,4-8H2,2H3,(H,13,18). The molecule has 19 heavy (non-hydrogen) atoms. The second-order valence-corrected chi connectivity index (χ2v) is 4.40. The molecule has 1 aromatic heterocycles. The van der Waals surface area contributed by atoms with E-state index in [-0.39, 0.29) is 12.5 Å². The lowest BCUT2D eigenvalue weighted by Gasteiger charge is -2.08. The minimum absolute atomic E-state index is 0.0896. The fourth-order valence-electron chi connectivity index (χ4n) is 1.66. The van der Waals surface area contributed by atoms with Gasteiger partial charge in [-0.25, -0.2) is 0 Å². The lowest BCUT2D eigenvalue weighted by Crippen LogP contribution is -2.25. The summed E-state index contributed by atoms with van der Waals surface area (Å²) in [5.41, 5.74) is -0.412. The summed E-state index contributed by atoms with van der Waals surface area (Å²) in [5, 5.41) is 14.3. The first-order chi connectivity index (χ1) is 9.13. The molecule has 0 aliphatic carbocycles. The van der Waals surface area contributed by atoms with Gasteiger partial charge < -0.3 is 9.84 Å². The van der Waals surface area contributed by atoms with Crippen molar-refractivity contribution in [3.05, 3.63) is 11.7 Å². The molecule has 0 atom stereocenters. The van der Waals surface area contributed by atoms with Crippen LogP contribution in [0.2, 0.25) is 0 Å². The van der Waals surface area contributed by atoms with Gasteiger partial charge >= 0.3 is 0 Å². The van der Waals surface area contributed by atoms with Crippen molar-refractivity contribution in [2.45, 2.75) is 44.8 Å². The number of aryl methyl sites for hydroxylation is 1. The van der Waals surface area contributed by atoms with Crippen LogP contribution in [0.25, 0.3) is 0 Å². The van der Waals surface area contributed by atoms with E-state index in [2.05, 4.69) is 31.6 Å². The lowest BCUT2D eigenvalue weighted by atomic mass is 10.0. The molecule has 0 fully saturated rings. The molecule has 2 heterocycles. The van der Waals surface area contributed by atoms with E-state index in [1.165, 1.54) is 0 Å². The number of aromatic nitrogens is 2. The van der Waals surface area contributed by atoms with Gasteiger partial charge in [0.1, 0.15) is 0 Å². The molecule has 1 aliphatic rings. The number of carbonyl (C=O) groups excluding carboxylic acids is 1. The van der Waals surface area contributed by atoms with Gasteiger partial charge in [-0.2, -0.15) is 15.2 Å². The van der Waals surface area contributed by atoms with Crippen LogP contribution in [0.4, 0.5) is 0 Å². The van der Waals surface area contributed by atoms with E-state index in [1.807, 2.05) is 0 Å². The zero-order valence-electron chi connectivity index (χ0n) is 10.7. The van der Waals surface area contributed by atoms with Crippen molar-refractivity contribution in [2.75, 3.05) is 0 Å². The third kappa shape index (κ3) is 3.88. The van der Waals surface area contributed by atoms with E-state index >= 15 is 0 Å². The summed E-state index contributed by atoms with van der Waals surface area (Å²) in [6.07, 6.45) is 7.47. The van der Waals surface area contributed by atoms with Gasteiger partial charge in [-0.05, 0) is 6.92 Å². The molecule has 0 saturated carbocycles. The van der Waals surface area contributed by atoms with Crippen LogP contribution in [0.5, 0.6) is 0 Å². The van der Waals surface area contributed by atoms with E-state index in [4.69, 9.17) is 10.9 Å². The zero-order valence-corrected chi connectivity index (χ0v) is 10.7. The quantitative estimate of drug-likeness (QED) is 0.750. The first-order valence-corrected chi connectivity index (χ1v) is 6.07. The first-order valence-electron chi connectivity index (χ1n) is 6.07. The minimum atomic E-state index is -0.412. The van der Waals surface area contributed by atoms with E-state index in [9.17, 15) is 4.79 Å². The van der Waals surface area contributed by atoms with Crippen molar-refractivity contribution in [1.29, 1.82) is 0 Å². The van der Waals surface area contributed by atoms with Crippen LogP contribution in [0.3, 0.4) is 0 Å². The van der Waals surface area contributed by atoms with Crippen molar-refractivity contribution >= 4 is 5.91 Å². The molecular weight excluding hydrogens is 246 g/mol. The molecule has 0 saturated heterocycles. The largest absolute Gasteiger partial charge is 0.347 e. The van der Waals surface area contributed by atoms with E-state index in [0.717, 1.165) is 0 Å². The fraction of sp³-hybridized carbons (Fsp3) is 0.583. The fourth-order valence-corrected chi connectivity index (χ4v) is 1.66. The summed E-state index contributed by atoms with van der Waals surface area (Å²) in [4.78, 5) is 15.6.